The van der Waals surface area contributed by atoms with E-state index in [1.54, 1.807) is 19.1 Å². The molecule has 0 aromatic heterocycles. The molecule has 4 heteroatoms. The molecule has 4 nitrogen and oxygen atoms in total. The highest BCUT2D eigenvalue weighted by atomic mass is 16.5. The van der Waals surface area contributed by atoms with Gasteiger partial charge in [-0.05, 0) is 48.6 Å². The zero-order valence-corrected chi connectivity index (χ0v) is 9.90. The molecule has 3 N–H and O–H groups in total. The largest absolute Gasteiger partial charge is 0.508 e. The van der Waals surface area contributed by atoms with Crippen molar-refractivity contribution in [2.45, 2.75) is 32.2 Å². The Labute approximate surface area is 100 Å². The summed E-state index contributed by atoms with van der Waals surface area (Å²) in [5, 5.41) is 9.61. The Morgan fingerprint density at radius 1 is 1.53 bits per heavy atom. The lowest BCUT2D eigenvalue weighted by Gasteiger charge is -2.09. The third-order valence-corrected chi connectivity index (χ3v) is 3.01. The summed E-state index contributed by atoms with van der Waals surface area (Å²) in [5.41, 5.74) is 8.89. The molecule has 1 aromatic rings. The molecule has 0 amide bonds. The van der Waals surface area contributed by atoms with Crippen molar-refractivity contribution in [1.29, 1.82) is 0 Å². The van der Waals surface area contributed by atoms with E-state index in [4.69, 9.17) is 10.5 Å². The molecule has 2 rings (SSSR count). The summed E-state index contributed by atoms with van der Waals surface area (Å²) in [7, 11) is 0. The minimum atomic E-state index is -0.263. The van der Waals surface area contributed by atoms with Crippen molar-refractivity contribution in [2.24, 2.45) is 5.73 Å². The number of ether oxygens (including phenoxy) is 1. The Kier molecular flexibility index (Phi) is 3.33. The molecular weight excluding hydrogens is 218 g/mol. The first-order valence-electron chi connectivity index (χ1n) is 5.85. The zero-order valence-electron chi connectivity index (χ0n) is 9.90. The lowest BCUT2D eigenvalue weighted by atomic mass is 10.0. The van der Waals surface area contributed by atoms with E-state index >= 15 is 0 Å². The van der Waals surface area contributed by atoms with Gasteiger partial charge in [0.2, 0.25) is 0 Å². The third-order valence-electron chi connectivity index (χ3n) is 3.01. The van der Waals surface area contributed by atoms with Gasteiger partial charge in [-0.15, -0.1) is 0 Å². The van der Waals surface area contributed by atoms with E-state index in [-0.39, 0.29) is 24.2 Å². The fourth-order valence-electron chi connectivity index (χ4n) is 2.37. The molecule has 0 aliphatic heterocycles. The predicted octanol–water partition coefficient (Wildman–Crippen LogP) is 0.924. The van der Waals surface area contributed by atoms with Crippen LogP contribution in [-0.4, -0.2) is 23.7 Å². The van der Waals surface area contributed by atoms with E-state index in [1.165, 1.54) is 0 Å². The number of esters is 1. The highest BCUT2D eigenvalue weighted by molar-refractivity contribution is 5.73. The van der Waals surface area contributed by atoms with Crippen LogP contribution in [0.1, 0.15) is 23.6 Å². The monoisotopic (exact) mass is 235 g/mol. The smallest absolute Gasteiger partial charge is 0.310 e. The SMILES string of the molecule is CCOC(=O)Cc1cc(O)cc2c1CC(N)C2. The van der Waals surface area contributed by atoms with Crippen LogP contribution < -0.4 is 5.73 Å². The molecule has 1 aliphatic carbocycles. The topological polar surface area (TPSA) is 72.5 Å². The number of hydrogen-bond donors (Lipinski definition) is 2. The number of carbonyl (C=O) groups is 1. The molecule has 1 atom stereocenters. The summed E-state index contributed by atoms with van der Waals surface area (Å²) >= 11 is 0. The van der Waals surface area contributed by atoms with Crippen molar-refractivity contribution in [1.82, 2.24) is 0 Å². The van der Waals surface area contributed by atoms with E-state index in [9.17, 15) is 9.90 Å². The zero-order chi connectivity index (χ0) is 12.4. The van der Waals surface area contributed by atoms with Crippen molar-refractivity contribution in [3.8, 4) is 5.75 Å². The van der Waals surface area contributed by atoms with E-state index in [0.29, 0.717) is 6.61 Å². The van der Waals surface area contributed by atoms with Crippen LogP contribution >= 0.6 is 0 Å². The van der Waals surface area contributed by atoms with Crippen molar-refractivity contribution < 1.29 is 14.6 Å². The van der Waals surface area contributed by atoms with Gasteiger partial charge in [0.1, 0.15) is 5.75 Å². The first kappa shape index (κ1) is 11.9. The fraction of sp³-hybridized carbons (Fsp3) is 0.462. The number of phenols is 1. The second-order valence-corrected chi connectivity index (χ2v) is 4.39. The summed E-state index contributed by atoms with van der Waals surface area (Å²) in [6, 6.07) is 3.46. The molecule has 1 aliphatic rings. The molecule has 0 fully saturated rings. The molecule has 0 radical (unpaired) electrons. The van der Waals surface area contributed by atoms with Crippen LogP contribution in [-0.2, 0) is 28.8 Å². The summed E-state index contributed by atoms with van der Waals surface area (Å²) in [6.07, 6.45) is 1.74. The molecule has 0 saturated heterocycles. The van der Waals surface area contributed by atoms with Crippen LogP contribution in [0.15, 0.2) is 12.1 Å². The normalized spacial score (nSPS) is 17.9. The number of phenolic OH excluding ortho intramolecular Hbond substituents is 1. The first-order chi connectivity index (χ1) is 8.10. The maximum Gasteiger partial charge on any atom is 0.310 e. The number of benzene rings is 1. The van der Waals surface area contributed by atoms with Gasteiger partial charge in [0, 0.05) is 6.04 Å². The predicted molar refractivity (Wildman–Crippen MR) is 63.8 cm³/mol. The highest BCUT2D eigenvalue weighted by Crippen LogP contribution is 2.29. The fourth-order valence-corrected chi connectivity index (χ4v) is 2.37. The van der Waals surface area contributed by atoms with Crippen LogP contribution in [0.3, 0.4) is 0 Å². The van der Waals surface area contributed by atoms with Gasteiger partial charge in [0.25, 0.3) is 0 Å². The maximum atomic E-state index is 11.5. The Hall–Kier alpha value is -1.55. The number of carbonyl (C=O) groups excluding carboxylic acids is 1. The lowest BCUT2D eigenvalue weighted by Crippen LogP contribution is -2.19. The molecule has 0 bridgehead atoms. The van der Waals surface area contributed by atoms with E-state index < -0.39 is 0 Å². The minimum absolute atomic E-state index is 0.0905. The second kappa shape index (κ2) is 4.75. The van der Waals surface area contributed by atoms with Gasteiger partial charge < -0.3 is 15.6 Å². The van der Waals surface area contributed by atoms with Gasteiger partial charge in [-0.2, -0.15) is 0 Å². The summed E-state index contributed by atoms with van der Waals surface area (Å²) in [6.45, 7) is 2.15. The van der Waals surface area contributed by atoms with E-state index in [2.05, 4.69) is 0 Å². The van der Waals surface area contributed by atoms with E-state index in [0.717, 1.165) is 29.5 Å². The van der Waals surface area contributed by atoms with Crippen molar-refractivity contribution in [3.63, 3.8) is 0 Å². The average Bonchev–Trinajstić information content (AvgIpc) is 2.58. The van der Waals surface area contributed by atoms with Crippen LogP contribution in [0, 0.1) is 0 Å². The lowest BCUT2D eigenvalue weighted by molar-refractivity contribution is -0.142. The number of rotatable bonds is 3. The summed E-state index contributed by atoms with van der Waals surface area (Å²) in [5.74, 6) is -0.0714. The average molecular weight is 235 g/mol. The maximum absolute atomic E-state index is 11.5. The first-order valence-corrected chi connectivity index (χ1v) is 5.85. The Morgan fingerprint density at radius 3 is 3.00 bits per heavy atom. The van der Waals surface area contributed by atoms with Crippen LogP contribution in [0.5, 0.6) is 5.75 Å². The van der Waals surface area contributed by atoms with Gasteiger partial charge in [-0.1, -0.05) is 0 Å². The number of hydrogen-bond acceptors (Lipinski definition) is 4. The van der Waals surface area contributed by atoms with Gasteiger partial charge in [0.15, 0.2) is 0 Å². The van der Waals surface area contributed by atoms with Crippen molar-refractivity contribution in [2.75, 3.05) is 6.61 Å². The van der Waals surface area contributed by atoms with E-state index in [1.807, 2.05) is 0 Å². The number of fused-ring (bicyclic) bond motifs is 1. The molecular formula is C13H17NO3. The minimum Gasteiger partial charge on any atom is -0.508 e. The van der Waals surface area contributed by atoms with Gasteiger partial charge in [-0.3, -0.25) is 4.79 Å². The molecule has 92 valence electrons. The molecule has 1 aromatic carbocycles. The number of aromatic hydroxyl groups is 1. The third kappa shape index (κ3) is 2.58. The Morgan fingerprint density at radius 2 is 2.29 bits per heavy atom. The van der Waals surface area contributed by atoms with Crippen molar-refractivity contribution >= 4 is 5.97 Å². The molecule has 0 saturated carbocycles. The molecule has 17 heavy (non-hydrogen) atoms. The van der Waals surface area contributed by atoms with Gasteiger partial charge in [0.05, 0.1) is 13.0 Å². The quantitative estimate of drug-likeness (QED) is 0.764. The Balaban J connectivity index is 2.25. The summed E-state index contributed by atoms with van der Waals surface area (Å²) < 4.78 is 4.92. The van der Waals surface area contributed by atoms with Crippen LogP contribution in [0.4, 0.5) is 0 Å². The van der Waals surface area contributed by atoms with Crippen LogP contribution in [0.2, 0.25) is 0 Å². The molecule has 1 unspecified atom stereocenters. The molecule has 0 heterocycles. The second-order valence-electron chi connectivity index (χ2n) is 4.39. The molecule has 0 spiro atoms. The Bertz CT molecular complexity index is 443. The summed E-state index contributed by atoms with van der Waals surface area (Å²) in [4.78, 5) is 11.5. The van der Waals surface area contributed by atoms with Crippen LogP contribution in [0.25, 0.3) is 0 Å². The number of nitrogens with two attached hydrogens (primary N) is 1. The van der Waals surface area contributed by atoms with Gasteiger partial charge >= 0.3 is 5.97 Å². The van der Waals surface area contributed by atoms with Crippen molar-refractivity contribution in [3.05, 3.63) is 28.8 Å². The highest BCUT2D eigenvalue weighted by Gasteiger charge is 2.23. The standard InChI is InChI=1S/C13H17NO3/c1-2-17-13(16)6-9-5-11(15)4-8-3-10(14)7-12(8)9/h4-5,10,15H,2-3,6-7,14H2,1H3. The van der Waals surface area contributed by atoms with Gasteiger partial charge in [-0.25, -0.2) is 0 Å².